The molecule has 2 aromatic carbocycles. The van der Waals surface area contributed by atoms with E-state index < -0.39 is 0 Å². The Morgan fingerprint density at radius 1 is 1.24 bits per heavy atom. The molecule has 0 aliphatic heterocycles. The molecular weight excluding hydrogens is 385 g/mol. The Kier molecular flexibility index (Phi) is 5.23. The SMILES string of the molecule is CC(C)n1ccc2c(Br)cc(COc3ccc(F)cc3CC=O)cc21. The topological polar surface area (TPSA) is 31.2 Å². The molecular formula is C20H19BrFNO2. The van der Waals surface area contributed by atoms with Crippen LogP contribution in [0.3, 0.4) is 0 Å². The molecule has 0 N–H and O–H groups in total. The minimum Gasteiger partial charge on any atom is -0.489 e. The number of hydrogen-bond donors (Lipinski definition) is 0. The van der Waals surface area contributed by atoms with Gasteiger partial charge in [0.15, 0.2) is 0 Å². The van der Waals surface area contributed by atoms with E-state index in [1.807, 2.05) is 6.07 Å². The summed E-state index contributed by atoms with van der Waals surface area (Å²) in [5.74, 6) is 0.159. The molecule has 25 heavy (non-hydrogen) atoms. The van der Waals surface area contributed by atoms with Gasteiger partial charge < -0.3 is 14.1 Å². The third kappa shape index (κ3) is 3.76. The zero-order valence-corrected chi connectivity index (χ0v) is 15.7. The summed E-state index contributed by atoms with van der Waals surface area (Å²) in [7, 11) is 0. The number of aldehydes is 1. The lowest BCUT2D eigenvalue weighted by Crippen LogP contribution is -2.02. The standard InChI is InChI=1S/C20H19BrFNO2/c1-13(2)23-7-5-17-18(21)9-14(10-19(17)23)12-25-20-4-3-16(22)11-15(20)6-8-24/h3-5,7-11,13H,6,12H2,1-2H3. The fraction of sp³-hybridized carbons (Fsp3) is 0.250. The smallest absolute Gasteiger partial charge is 0.124 e. The van der Waals surface area contributed by atoms with Crippen molar-refractivity contribution in [3.8, 4) is 5.75 Å². The van der Waals surface area contributed by atoms with Gasteiger partial charge in [-0.15, -0.1) is 0 Å². The minimum atomic E-state index is -0.372. The van der Waals surface area contributed by atoms with E-state index in [1.165, 1.54) is 12.1 Å². The van der Waals surface area contributed by atoms with Crippen LogP contribution in [0, 0.1) is 5.82 Å². The molecule has 0 saturated heterocycles. The lowest BCUT2D eigenvalue weighted by molar-refractivity contribution is -0.107. The third-order valence-corrected chi connectivity index (χ3v) is 4.78. The molecule has 1 heterocycles. The van der Waals surface area contributed by atoms with Gasteiger partial charge in [0.2, 0.25) is 0 Å². The van der Waals surface area contributed by atoms with E-state index in [2.05, 4.69) is 52.7 Å². The molecule has 0 fully saturated rings. The van der Waals surface area contributed by atoms with E-state index >= 15 is 0 Å². The molecule has 1 aromatic heterocycles. The second-order valence-corrected chi connectivity index (χ2v) is 7.09. The molecule has 0 aliphatic carbocycles. The van der Waals surface area contributed by atoms with Crippen LogP contribution >= 0.6 is 15.9 Å². The monoisotopic (exact) mass is 403 g/mol. The second-order valence-electron chi connectivity index (χ2n) is 6.24. The van der Waals surface area contributed by atoms with Gasteiger partial charge in [0.05, 0.1) is 0 Å². The van der Waals surface area contributed by atoms with Gasteiger partial charge >= 0.3 is 0 Å². The van der Waals surface area contributed by atoms with Crippen LogP contribution in [0.25, 0.3) is 10.9 Å². The van der Waals surface area contributed by atoms with Crippen LogP contribution in [0.5, 0.6) is 5.75 Å². The second kappa shape index (κ2) is 7.40. The molecule has 3 aromatic rings. The van der Waals surface area contributed by atoms with Crippen LogP contribution in [0.4, 0.5) is 4.39 Å². The number of carbonyl (C=O) groups excluding carboxylic acids is 1. The molecule has 0 spiro atoms. The van der Waals surface area contributed by atoms with Gasteiger partial charge in [-0.1, -0.05) is 15.9 Å². The van der Waals surface area contributed by atoms with Crippen molar-refractivity contribution in [2.24, 2.45) is 0 Å². The maximum absolute atomic E-state index is 13.4. The van der Waals surface area contributed by atoms with Crippen LogP contribution in [-0.4, -0.2) is 10.9 Å². The van der Waals surface area contributed by atoms with Gasteiger partial charge in [0.25, 0.3) is 0 Å². The van der Waals surface area contributed by atoms with Crippen molar-refractivity contribution >= 4 is 33.1 Å². The summed E-state index contributed by atoms with van der Waals surface area (Å²) in [6.45, 7) is 4.62. The van der Waals surface area contributed by atoms with Gasteiger partial charge in [0, 0.05) is 39.6 Å². The molecule has 0 radical (unpaired) electrons. The maximum atomic E-state index is 13.4. The van der Waals surface area contributed by atoms with Gasteiger partial charge in [0.1, 0.15) is 24.5 Å². The summed E-state index contributed by atoms with van der Waals surface area (Å²) in [4.78, 5) is 10.8. The molecule has 130 valence electrons. The number of carbonyl (C=O) groups is 1. The van der Waals surface area contributed by atoms with E-state index in [-0.39, 0.29) is 12.2 Å². The lowest BCUT2D eigenvalue weighted by atomic mass is 10.1. The van der Waals surface area contributed by atoms with Crippen LogP contribution in [0.15, 0.2) is 47.1 Å². The van der Waals surface area contributed by atoms with E-state index in [0.717, 1.165) is 27.2 Å². The minimum absolute atomic E-state index is 0.131. The molecule has 5 heteroatoms. The Labute approximate surface area is 154 Å². The Balaban J connectivity index is 1.89. The summed E-state index contributed by atoms with van der Waals surface area (Å²) < 4.78 is 22.4. The fourth-order valence-corrected chi connectivity index (χ4v) is 3.53. The normalized spacial score (nSPS) is 11.2. The van der Waals surface area contributed by atoms with Crippen molar-refractivity contribution in [2.45, 2.75) is 32.9 Å². The third-order valence-electron chi connectivity index (χ3n) is 4.12. The van der Waals surface area contributed by atoms with Crippen molar-refractivity contribution in [2.75, 3.05) is 0 Å². The molecule has 0 bridgehead atoms. The largest absolute Gasteiger partial charge is 0.489 e. The number of rotatable bonds is 6. The molecule has 3 nitrogen and oxygen atoms in total. The highest BCUT2D eigenvalue weighted by molar-refractivity contribution is 9.10. The summed E-state index contributed by atoms with van der Waals surface area (Å²) in [6, 6.07) is 10.8. The van der Waals surface area contributed by atoms with Gasteiger partial charge in [-0.05, 0) is 55.8 Å². The highest BCUT2D eigenvalue weighted by Gasteiger charge is 2.10. The summed E-state index contributed by atoms with van der Waals surface area (Å²) in [6.07, 6.45) is 2.96. The zero-order chi connectivity index (χ0) is 18.0. The van der Waals surface area contributed by atoms with Gasteiger partial charge in [-0.25, -0.2) is 4.39 Å². The van der Waals surface area contributed by atoms with Crippen molar-refractivity contribution in [3.05, 3.63) is 64.0 Å². The van der Waals surface area contributed by atoms with Crippen LogP contribution in [0.1, 0.15) is 31.0 Å². The summed E-state index contributed by atoms with van der Waals surface area (Å²) >= 11 is 3.62. The van der Waals surface area contributed by atoms with Gasteiger partial charge in [-0.2, -0.15) is 0 Å². The highest BCUT2D eigenvalue weighted by Crippen LogP contribution is 2.30. The summed E-state index contributed by atoms with van der Waals surface area (Å²) in [5.41, 5.74) is 2.69. The van der Waals surface area contributed by atoms with Gasteiger partial charge in [-0.3, -0.25) is 0 Å². The number of benzene rings is 2. The van der Waals surface area contributed by atoms with E-state index in [9.17, 15) is 9.18 Å². The van der Waals surface area contributed by atoms with E-state index in [1.54, 1.807) is 6.07 Å². The molecule has 0 saturated carbocycles. The average Bonchev–Trinajstić information content (AvgIpc) is 2.99. The van der Waals surface area contributed by atoms with E-state index in [4.69, 9.17) is 4.74 Å². The number of fused-ring (bicyclic) bond motifs is 1. The lowest BCUT2D eigenvalue weighted by Gasteiger charge is -2.13. The van der Waals surface area contributed by atoms with Crippen molar-refractivity contribution in [1.29, 1.82) is 0 Å². The quantitative estimate of drug-likeness (QED) is 0.512. The zero-order valence-electron chi connectivity index (χ0n) is 14.1. The number of nitrogens with zero attached hydrogens (tertiary/aromatic N) is 1. The number of halogens is 2. The van der Waals surface area contributed by atoms with Crippen molar-refractivity contribution in [3.63, 3.8) is 0 Å². The number of ether oxygens (including phenoxy) is 1. The first kappa shape index (κ1) is 17.7. The predicted octanol–water partition coefficient (Wildman–Crippen LogP) is 5.44. The first-order chi connectivity index (χ1) is 12.0. The van der Waals surface area contributed by atoms with Crippen molar-refractivity contribution in [1.82, 2.24) is 4.57 Å². The number of aromatic nitrogens is 1. The Morgan fingerprint density at radius 2 is 2.04 bits per heavy atom. The van der Waals surface area contributed by atoms with Crippen LogP contribution < -0.4 is 4.74 Å². The molecule has 0 unspecified atom stereocenters. The Hall–Kier alpha value is -2.14. The first-order valence-electron chi connectivity index (χ1n) is 8.13. The van der Waals surface area contributed by atoms with Crippen LogP contribution in [0.2, 0.25) is 0 Å². The predicted molar refractivity (Wildman–Crippen MR) is 101 cm³/mol. The molecule has 0 amide bonds. The average molecular weight is 404 g/mol. The number of hydrogen-bond acceptors (Lipinski definition) is 2. The van der Waals surface area contributed by atoms with E-state index in [0.29, 0.717) is 24.0 Å². The Bertz CT molecular complexity index is 917. The molecule has 0 atom stereocenters. The maximum Gasteiger partial charge on any atom is 0.124 e. The molecule has 3 rings (SSSR count). The Morgan fingerprint density at radius 3 is 2.76 bits per heavy atom. The fourth-order valence-electron chi connectivity index (χ4n) is 2.90. The van der Waals surface area contributed by atoms with Crippen LogP contribution in [-0.2, 0) is 17.8 Å². The summed E-state index contributed by atoms with van der Waals surface area (Å²) in [5, 5.41) is 1.15. The highest BCUT2D eigenvalue weighted by atomic mass is 79.9. The first-order valence-corrected chi connectivity index (χ1v) is 8.92. The molecule has 0 aliphatic rings. The van der Waals surface area contributed by atoms with Crippen molar-refractivity contribution < 1.29 is 13.9 Å².